The third-order valence-corrected chi connectivity index (χ3v) is 5.13. The van der Waals surface area contributed by atoms with Crippen LogP contribution >= 0.6 is 19.9 Å². The van der Waals surface area contributed by atoms with E-state index in [1.807, 2.05) is 11.3 Å². The van der Waals surface area contributed by atoms with Crippen LogP contribution in [0.2, 0.25) is 0 Å². The van der Waals surface area contributed by atoms with Crippen molar-refractivity contribution in [1.82, 2.24) is 0 Å². The molecule has 1 atom stereocenters. The fourth-order valence-corrected chi connectivity index (χ4v) is 4.51. The van der Waals surface area contributed by atoms with Crippen LogP contribution in [-0.4, -0.2) is 0 Å². The number of hydrogen-bond acceptors (Lipinski definition) is 1. The predicted molar refractivity (Wildman–Crippen MR) is 78.4 cm³/mol. The van der Waals surface area contributed by atoms with E-state index in [1.54, 1.807) is 9.92 Å². The average molecular weight is 515 g/mol. The molecule has 1 aliphatic heterocycles. The monoisotopic (exact) mass is 515 g/mol. The summed E-state index contributed by atoms with van der Waals surface area (Å²) in [5.41, 5.74) is 2.97. The first-order valence-electron chi connectivity index (χ1n) is 4.99. The van der Waals surface area contributed by atoms with E-state index in [1.165, 1.54) is 11.1 Å². The molecule has 0 spiro atoms. The first-order valence-corrected chi connectivity index (χ1v) is 7.02. The van der Waals surface area contributed by atoms with Gasteiger partial charge in [-0.05, 0) is 17.5 Å². The average Bonchev–Trinajstić information content (AvgIpc) is 3.25. The molecule has 0 radical (unpaired) electrons. The van der Waals surface area contributed by atoms with Crippen molar-refractivity contribution in [3.8, 4) is 11.1 Å². The van der Waals surface area contributed by atoms with E-state index in [2.05, 4.69) is 69.0 Å². The molecule has 3 rings (SSSR count). The number of fused-ring (bicyclic) bond motifs is 3. The molecular formula is C15H8O5PSW+. The second-order valence-electron chi connectivity index (χ2n) is 2.93. The van der Waals surface area contributed by atoms with E-state index in [0.29, 0.717) is 8.58 Å². The summed E-state index contributed by atoms with van der Waals surface area (Å²) in [4.78, 5) is 0. The Hall–Kier alpha value is -1.26. The van der Waals surface area contributed by atoms with Gasteiger partial charge in [-0.2, -0.15) is 0 Å². The van der Waals surface area contributed by atoms with Crippen molar-refractivity contribution in [2.45, 2.75) is 0 Å². The van der Waals surface area contributed by atoms with E-state index in [9.17, 15) is 0 Å². The second kappa shape index (κ2) is 23.0. The molecule has 0 aliphatic carbocycles. The summed E-state index contributed by atoms with van der Waals surface area (Å²) in [6.07, 6.45) is 0. The minimum absolute atomic E-state index is 0. The Kier molecular flexibility index (Phi) is 29.7. The Labute approximate surface area is 154 Å². The number of benzene rings is 1. The summed E-state index contributed by atoms with van der Waals surface area (Å²) in [5.74, 6) is 0. The Morgan fingerprint density at radius 1 is 0.696 bits per heavy atom. The number of rotatable bonds is 0. The SMILES string of the molecule is [C-]#[O+].[C-]#[O+].[C-]#[O+].[C-]#[O+].[C-]#[O+].[W].c1ccc2c(c1)[PH2+]c1sccc1-2. The fourth-order valence-electron chi connectivity index (χ4n) is 1.66. The summed E-state index contributed by atoms with van der Waals surface area (Å²) >= 11 is 1.91. The Bertz CT molecular complexity index is 608. The van der Waals surface area contributed by atoms with Crippen LogP contribution in [0.4, 0.5) is 0 Å². The van der Waals surface area contributed by atoms with Gasteiger partial charge in [-0.25, -0.2) is 0 Å². The molecule has 0 fully saturated rings. The minimum atomic E-state index is 0. The molecule has 8 heteroatoms. The maximum atomic E-state index is 7.50. The summed E-state index contributed by atoms with van der Waals surface area (Å²) in [6, 6.07) is 11.0. The molecule has 1 aromatic heterocycles. The third kappa shape index (κ3) is 9.46. The maximum Gasteiger partial charge on any atom is 0.154 e. The molecule has 23 heavy (non-hydrogen) atoms. The van der Waals surface area contributed by atoms with Gasteiger partial charge in [0, 0.05) is 32.2 Å². The van der Waals surface area contributed by atoms with Gasteiger partial charge in [0.2, 0.25) is 0 Å². The Morgan fingerprint density at radius 3 is 1.70 bits per heavy atom. The van der Waals surface area contributed by atoms with E-state index in [0.717, 1.165) is 0 Å². The zero-order valence-electron chi connectivity index (χ0n) is 11.4. The first kappa shape index (κ1) is 29.7. The topological polar surface area (TPSA) is 99.5 Å². The first-order chi connectivity index (χ1) is 10.9. The number of thiophene rings is 1. The molecule has 0 bridgehead atoms. The zero-order valence-corrected chi connectivity index (χ0v) is 16.3. The molecule has 114 valence electrons. The van der Waals surface area contributed by atoms with Gasteiger partial charge in [0.1, 0.15) is 5.30 Å². The summed E-state index contributed by atoms with van der Waals surface area (Å²) in [5, 5.41) is 3.77. The van der Waals surface area contributed by atoms with Crippen LogP contribution in [0.25, 0.3) is 11.1 Å². The van der Waals surface area contributed by atoms with Crippen LogP contribution in [-0.2, 0) is 44.3 Å². The molecule has 2 heterocycles. The third-order valence-electron chi connectivity index (χ3n) is 2.23. The van der Waals surface area contributed by atoms with Gasteiger partial charge in [0.25, 0.3) is 0 Å². The van der Waals surface area contributed by atoms with E-state index in [-0.39, 0.29) is 21.1 Å². The fraction of sp³-hybridized carbons (Fsp3) is 0. The van der Waals surface area contributed by atoms with E-state index >= 15 is 0 Å². The molecule has 1 aromatic carbocycles. The minimum Gasteiger partial charge on any atom is -0.107 e. The summed E-state index contributed by atoms with van der Waals surface area (Å²) in [6.45, 7) is 22.5. The van der Waals surface area contributed by atoms with Crippen LogP contribution in [0, 0.1) is 33.3 Å². The van der Waals surface area contributed by atoms with Crippen molar-refractivity contribution in [3.05, 3.63) is 69.0 Å². The molecule has 0 amide bonds. The van der Waals surface area contributed by atoms with E-state index in [4.69, 9.17) is 23.3 Å². The number of hydrogen-bond donors (Lipinski definition) is 0. The summed E-state index contributed by atoms with van der Waals surface area (Å²) < 4.78 is 39.1. The molecule has 0 saturated heterocycles. The van der Waals surface area contributed by atoms with Crippen molar-refractivity contribution in [2.75, 3.05) is 0 Å². The van der Waals surface area contributed by atoms with Crippen molar-refractivity contribution < 1.29 is 44.3 Å². The molecule has 0 N–H and O–H groups in total. The largest absolute Gasteiger partial charge is 0.154 e. The molecule has 5 nitrogen and oxygen atoms in total. The zero-order chi connectivity index (χ0) is 18.0. The van der Waals surface area contributed by atoms with Crippen LogP contribution in [0.1, 0.15) is 0 Å². The predicted octanol–water partition coefficient (Wildman–Crippen LogP) is 1.90. The van der Waals surface area contributed by atoms with Gasteiger partial charge in [-0.3, -0.25) is 0 Å². The molecule has 0 saturated carbocycles. The van der Waals surface area contributed by atoms with Crippen LogP contribution in [0.5, 0.6) is 0 Å². The van der Waals surface area contributed by atoms with Crippen LogP contribution in [0.15, 0.2) is 35.7 Å². The molecule has 1 unspecified atom stereocenters. The van der Waals surface area contributed by atoms with Gasteiger partial charge in [-0.1, -0.05) is 18.2 Å². The maximum absolute atomic E-state index is 7.50. The van der Waals surface area contributed by atoms with Gasteiger partial charge >= 0.3 is 56.5 Å². The smallest absolute Gasteiger partial charge is 0.107 e. The quantitative estimate of drug-likeness (QED) is 0.249. The Morgan fingerprint density at radius 2 is 1.17 bits per heavy atom. The van der Waals surface area contributed by atoms with Crippen LogP contribution in [0.3, 0.4) is 0 Å². The standard InChI is InChI=1S/C10H7PS.5CO.W/c1-2-4-9-7(3-1)8-5-6-12-10(8)11-9;5*1-2;/h1-6,11H;;;;;;/p+1. The van der Waals surface area contributed by atoms with Crippen LogP contribution < -0.4 is 9.92 Å². The van der Waals surface area contributed by atoms with E-state index < -0.39 is 0 Å². The van der Waals surface area contributed by atoms with Crippen molar-refractivity contribution in [2.24, 2.45) is 0 Å². The van der Waals surface area contributed by atoms with Crippen molar-refractivity contribution in [1.29, 1.82) is 0 Å². The summed E-state index contributed by atoms with van der Waals surface area (Å²) in [7, 11) is 0.397. The molecule has 2 aromatic rings. The van der Waals surface area contributed by atoms with Gasteiger partial charge in [0.05, 0.1) is 8.58 Å². The van der Waals surface area contributed by atoms with Crippen molar-refractivity contribution >= 4 is 29.8 Å². The second-order valence-corrected chi connectivity index (χ2v) is 5.78. The van der Waals surface area contributed by atoms with Gasteiger partial charge < -0.3 is 0 Å². The molecular weight excluding hydrogens is 507 g/mol. The van der Waals surface area contributed by atoms with Crippen molar-refractivity contribution in [3.63, 3.8) is 0 Å². The normalized spacial score (nSPS) is 8.09. The Balaban J connectivity index is -0.000000144. The molecule has 1 aliphatic rings. The van der Waals surface area contributed by atoms with Gasteiger partial charge in [0.15, 0.2) is 4.62 Å². The van der Waals surface area contributed by atoms with Gasteiger partial charge in [-0.15, -0.1) is 11.3 Å².